The lowest BCUT2D eigenvalue weighted by Crippen LogP contribution is -2.06. The van der Waals surface area contributed by atoms with Crippen molar-refractivity contribution in [3.63, 3.8) is 0 Å². The first-order valence-corrected chi connectivity index (χ1v) is 6.08. The Morgan fingerprint density at radius 3 is 2.79 bits per heavy atom. The second-order valence-corrected chi connectivity index (χ2v) is 5.69. The van der Waals surface area contributed by atoms with Gasteiger partial charge in [0.1, 0.15) is 0 Å². The summed E-state index contributed by atoms with van der Waals surface area (Å²) >= 11 is 1.79. The molecule has 1 fully saturated rings. The van der Waals surface area contributed by atoms with Gasteiger partial charge in [-0.25, -0.2) is 4.98 Å². The fourth-order valence-electron chi connectivity index (χ4n) is 1.46. The first-order valence-electron chi connectivity index (χ1n) is 5.26. The molecular weight excluding hydrogens is 194 g/mol. The SMILES string of the molecule is CC(C)c1ncc(CCC2(O)CC2)s1. The van der Waals surface area contributed by atoms with Gasteiger partial charge in [0, 0.05) is 17.0 Å². The number of rotatable bonds is 4. The zero-order chi connectivity index (χ0) is 10.2. The molecule has 0 radical (unpaired) electrons. The summed E-state index contributed by atoms with van der Waals surface area (Å²) in [4.78, 5) is 5.69. The number of aryl methyl sites for hydroxylation is 1. The van der Waals surface area contributed by atoms with Crippen molar-refractivity contribution in [2.45, 2.75) is 51.0 Å². The van der Waals surface area contributed by atoms with E-state index in [1.165, 1.54) is 9.88 Å². The van der Waals surface area contributed by atoms with Crippen LogP contribution in [0.15, 0.2) is 6.20 Å². The molecule has 2 rings (SSSR count). The van der Waals surface area contributed by atoms with Crippen LogP contribution in [0.2, 0.25) is 0 Å². The molecule has 1 aromatic rings. The molecule has 1 saturated carbocycles. The van der Waals surface area contributed by atoms with Crippen molar-refractivity contribution in [3.05, 3.63) is 16.1 Å². The van der Waals surface area contributed by atoms with E-state index < -0.39 is 0 Å². The van der Waals surface area contributed by atoms with Gasteiger partial charge in [-0.15, -0.1) is 11.3 Å². The third kappa shape index (κ3) is 2.34. The molecule has 0 spiro atoms. The maximum Gasteiger partial charge on any atom is 0.0953 e. The van der Waals surface area contributed by atoms with Crippen LogP contribution in [0.25, 0.3) is 0 Å². The van der Waals surface area contributed by atoms with Gasteiger partial charge in [-0.3, -0.25) is 0 Å². The molecule has 78 valence electrons. The third-order valence-corrected chi connectivity index (χ3v) is 4.09. The first kappa shape index (κ1) is 10.1. The van der Waals surface area contributed by atoms with E-state index in [1.807, 2.05) is 6.20 Å². The zero-order valence-corrected chi connectivity index (χ0v) is 9.60. The van der Waals surface area contributed by atoms with E-state index in [0.717, 1.165) is 25.7 Å². The van der Waals surface area contributed by atoms with Crippen LogP contribution in [0.3, 0.4) is 0 Å². The minimum Gasteiger partial charge on any atom is -0.390 e. The number of nitrogens with zero attached hydrogens (tertiary/aromatic N) is 1. The lowest BCUT2D eigenvalue weighted by molar-refractivity contribution is 0.141. The van der Waals surface area contributed by atoms with Crippen molar-refractivity contribution in [1.29, 1.82) is 0 Å². The van der Waals surface area contributed by atoms with Gasteiger partial charge in [-0.2, -0.15) is 0 Å². The van der Waals surface area contributed by atoms with Crippen LogP contribution in [0, 0.1) is 0 Å². The van der Waals surface area contributed by atoms with Gasteiger partial charge in [0.05, 0.1) is 10.6 Å². The molecule has 1 aromatic heterocycles. The van der Waals surface area contributed by atoms with Crippen LogP contribution < -0.4 is 0 Å². The van der Waals surface area contributed by atoms with Crippen molar-refractivity contribution in [2.75, 3.05) is 0 Å². The summed E-state index contributed by atoms with van der Waals surface area (Å²) in [6, 6.07) is 0. The van der Waals surface area contributed by atoms with Gasteiger partial charge >= 0.3 is 0 Å². The molecule has 0 saturated heterocycles. The predicted molar refractivity (Wildman–Crippen MR) is 58.7 cm³/mol. The second kappa shape index (κ2) is 3.63. The van der Waals surface area contributed by atoms with Crippen LogP contribution in [-0.2, 0) is 6.42 Å². The Hall–Kier alpha value is -0.410. The van der Waals surface area contributed by atoms with Gasteiger partial charge in [0.25, 0.3) is 0 Å². The largest absolute Gasteiger partial charge is 0.390 e. The lowest BCUT2D eigenvalue weighted by atomic mass is 10.1. The number of hydrogen-bond acceptors (Lipinski definition) is 3. The second-order valence-electron chi connectivity index (χ2n) is 4.54. The molecule has 0 aromatic carbocycles. The Balaban J connectivity index is 1.90. The molecule has 1 aliphatic rings. The van der Waals surface area contributed by atoms with E-state index >= 15 is 0 Å². The van der Waals surface area contributed by atoms with E-state index in [-0.39, 0.29) is 5.60 Å². The smallest absolute Gasteiger partial charge is 0.0953 e. The van der Waals surface area contributed by atoms with E-state index in [2.05, 4.69) is 18.8 Å². The Morgan fingerprint density at radius 1 is 1.57 bits per heavy atom. The van der Waals surface area contributed by atoms with E-state index in [0.29, 0.717) is 5.92 Å². The van der Waals surface area contributed by atoms with Crippen molar-refractivity contribution < 1.29 is 5.11 Å². The Kier molecular flexibility index (Phi) is 2.62. The van der Waals surface area contributed by atoms with Crippen molar-refractivity contribution in [3.8, 4) is 0 Å². The molecule has 0 amide bonds. The molecule has 0 bridgehead atoms. The minimum absolute atomic E-state index is 0.317. The number of hydrogen-bond donors (Lipinski definition) is 1. The normalized spacial score (nSPS) is 18.9. The number of aromatic nitrogens is 1. The highest BCUT2D eigenvalue weighted by atomic mass is 32.1. The summed E-state index contributed by atoms with van der Waals surface area (Å²) in [5.74, 6) is 0.526. The summed E-state index contributed by atoms with van der Waals surface area (Å²) in [5, 5.41) is 10.9. The van der Waals surface area contributed by atoms with Crippen LogP contribution >= 0.6 is 11.3 Å². The van der Waals surface area contributed by atoms with Crippen LogP contribution in [0.1, 0.15) is 48.9 Å². The fraction of sp³-hybridized carbons (Fsp3) is 0.727. The van der Waals surface area contributed by atoms with Gasteiger partial charge in [-0.1, -0.05) is 13.8 Å². The lowest BCUT2D eigenvalue weighted by Gasteiger charge is -2.04. The maximum atomic E-state index is 9.69. The Labute approximate surface area is 89.0 Å². The maximum absolute atomic E-state index is 9.69. The summed E-state index contributed by atoms with van der Waals surface area (Å²) in [6.45, 7) is 4.33. The third-order valence-electron chi connectivity index (χ3n) is 2.73. The molecule has 0 unspecified atom stereocenters. The summed E-state index contributed by atoms with van der Waals surface area (Å²) in [6.07, 6.45) is 5.84. The average Bonchev–Trinajstić information content (AvgIpc) is 2.68. The monoisotopic (exact) mass is 211 g/mol. The summed E-state index contributed by atoms with van der Waals surface area (Å²) in [7, 11) is 0. The van der Waals surface area contributed by atoms with Crippen LogP contribution in [0.4, 0.5) is 0 Å². The van der Waals surface area contributed by atoms with Crippen molar-refractivity contribution >= 4 is 11.3 Å². The summed E-state index contributed by atoms with van der Waals surface area (Å²) in [5.41, 5.74) is -0.317. The molecule has 0 atom stereocenters. The molecule has 3 heteroatoms. The molecule has 1 heterocycles. The van der Waals surface area contributed by atoms with E-state index in [9.17, 15) is 5.11 Å². The average molecular weight is 211 g/mol. The molecule has 2 nitrogen and oxygen atoms in total. The number of aliphatic hydroxyl groups is 1. The fourth-order valence-corrected chi connectivity index (χ4v) is 2.37. The molecule has 1 N–H and O–H groups in total. The predicted octanol–water partition coefficient (Wildman–Crippen LogP) is 2.72. The van der Waals surface area contributed by atoms with Crippen LogP contribution in [-0.4, -0.2) is 15.7 Å². The summed E-state index contributed by atoms with van der Waals surface area (Å²) < 4.78 is 0. The number of thiazole rings is 1. The molecule has 1 aliphatic carbocycles. The highest BCUT2D eigenvalue weighted by molar-refractivity contribution is 7.11. The molecule has 14 heavy (non-hydrogen) atoms. The molecular formula is C11H17NOS. The quantitative estimate of drug-likeness (QED) is 0.830. The van der Waals surface area contributed by atoms with Crippen molar-refractivity contribution in [2.24, 2.45) is 0 Å². The molecule has 0 aliphatic heterocycles. The van der Waals surface area contributed by atoms with Gasteiger partial charge in [-0.05, 0) is 25.7 Å². The van der Waals surface area contributed by atoms with Crippen LogP contribution in [0.5, 0.6) is 0 Å². The highest BCUT2D eigenvalue weighted by Gasteiger charge is 2.39. The first-order chi connectivity index (χ1) is 6.59. The minimum atomic E-state index is -0.317. The van der Waals surface area contributed by atoms with Crippen molar-refractivity contribution in [1.82, 2.24) is 4.98 Å². The Bertz CT molecular complexity index is 315. The van der Waals surface area contributed by atoms with Gasteiger partial charge < -0.3 is 5.11 Å². The van der Waals surface area contributed by atoms with Gasteiger partial charge in [0.2, 0.25) is 0 Å². The van der Waals surface area contributed by atoms with E-state index in [4.69, 9.17) is 0 Å². The Morgan fingerprint density at radius 2 is 2.29 bits per heavy atom. The van der Waals surface area contributed by atoms with E-state index in [1.54, 1.807) is 11.3 Å². The zero-order valence-electron chi connectivity index (χ0n) is 8.79. The highest BCUT2D eigenvalue weighted by Crippen LogP contribution is 2.39. The standard InChI is InChI=1S/C11H17NOS/c1-8(2)10-12-7-9(14-10)3-4-11(13)5-6-11/h7-8,13H,3-6H2,1-2H3. The van der Waals surface area contributed by atoms with Gasteiger partial charge in [0.15, 0.2) is 0 Å². The topological polar surface area (TPSA) is 33.1 Å².